The molecule has 4 rings (SSSR count). The maximum Gasteiger partial charge on any atom is 0.244 e. The lowest BCUT2D eigenvalue weighted by Crippen LogP contribution is -2.31. The number of aryl methyl sites for hydroxylation is 1. The third-order valence-corrected chi connectivity index (χ3v) is 6.02. The molecule has 1 N–H and O–H groups in total. The molecule has 1 amide bonds. The molecular formula is C23H21BrN2O3S. The highest BCUT2D eigenvalue weighted by Gasteiger charge is 2.22. The summed E-state index contributed by atoms with van der Waals surface area (Å²) in [7, 11) is 0. The number of rotatable bonds is 6. The maximum absolute atomic E-state index is 12.6. The molecule has 154 valence electrons. The van der Waals surface area contributed by atoms with Crippen molar-refractivity contribution in [2.24, 2.45) is 0 Å². The lowest BCUT2D eigenvalue weighted by atomic mass is 10.0. The standard InChI is InChI=1S/C23H21BrN2O3S/c1-15-25-18(14-30-15)13-29-21-5-3-2-4-16(21)6-9-23(27)26-20-10-11-28-22-8-7-17(24)12-19(20)22/h2-9,12,14,20H,10-11,13H2,1H3,(H,26,27)/b9-6+. The minimum atomic E-state index is -0.155. The number of halogens is 1. The van der Waals surface area contributed by atoms with E-state index in [0.29, 0.717) is 19.0 Å². The van der Waals surface area contributed by atoms with Crippen molar-refractivity contribution in [2.75, 3.05) is 6.61 Å². The average molecular weight is 485 g/mol. The first-order valence-electron chi connectivity index (χ1n) is 9.62. The molecule has 0 saturated carbocycles. The largest absolute Gasteiger partial charge is 0.493 e. The van der Waals surface area contributed by atoms with Gasteiger partial charge in [0.25, 0.3) is 0 Å². The Morgan fingerprint density at radius 1 is 1.37 bits per heavy atom. The summed E-state index contributed by atoms with van der Waals surface area (Å²) < 4.78 is 12.6. The second kappa shape index (κ2) is 9.45. The number of carbonyl (C=O) groups is 1. The number of hydrogen-bond donors (Lipinski definition) is 1. The molecule has 1 aromatic heterocycles. The molecule has 1 unspecified atom stereocenters. The molecule has 1 aliphatic heterocycles. The first-order chi connectivity index (χ1) is 14.6. The number of nitrogens with zero attached hydrogens (tertiary/aromatic N) is 1. The number of amides is 1. The van der Waals surface area contributed by atoms with Crippen molar-refractivity contribution < 1.29 is 14.3 Å². The monoisotopic (exact) mass is 484 g/mol. The van der Waals surface area contributed by atoms with Crippen LogP contribution in [0.4, 0.5) is 0 Å². The van der Waals surface area contributed by atoms with Crippen molar-refractivity contribution in [2.45, 2.75) is 26.0 Å². The van der Waals surface area contributed by atoms with Crippen molar-refractivity contribution in [1.82, 2.24) is 10.3 Å². The van der Waals surface area contributed by atoms with E-state index in [1.54, 1.807) is 23.5 Å². The summed E-state index contributed by atoms with van der Waals surface area (Å²) in [6, 6.07) is 13.4. The Morgan fingerprint density at radius 3 is 3.07 bits per heavy atom. The van der Waals surface area contributed by atoms with E-state index in [-0.39, 0.29) is 11.9 Å². The molecule has 2 heterocycles. The van der Waals surface area contributed by atoms with Crippen molar-refractivity contribution in [3.63, 3.8) is 0 Å². The zero-order valence-electron chi connectivity index (χ0n) is 16.4. The third-order valence-electron chi connectivity index (χ3n) is 4.70. The molecule has 0 saturated heterocycles. The van der Waals surface area contributed by atoms with Gasteiger partial charge >= 0.3 is 0 Å². The van der Waals surface area contributed by atoms with Crippen molar-refractivity contribution in [3.8, 4) is 11.5 Å². The summed E-state index contributed by atoms with van der Waals surface area (Å²) in [6.07, 6.45) is 4.05. The van der Waals surface area contributed by atoms with E-state index in [4.69, 9.17) is 9.47 Å². The highest BCUT2D eigenvalue weighted by Crippen LogP contribution is 2.34. The number of fused-ring (bicyclic) bond motifs is 1. The van der Waals surface area contributed by atoms with Crippen LogP contribution < -0.4 is 14.8 Å². The van der Waals surface area contributed by atoms with Crippen LogP contribution in [0, 0.1) is 6.92 Å². The molecule has 2 aromatic carbocycles. The van der Waals surface area contributed by atoms with Crippen LogP contribution in [-0.4, -0.2) is 17.5 Å². The number of thiazole rings is 1. The zero-order valence-corrected chi connectivity index (χ0v) is 18.8. The molecule has 0 bridgehead atoms. The number of para-hydroxylation sites is 1. The minimum Gasteiger partial charge on any atom is -0.493 e. The van der Waals surface area contributed by atoms with Crippen LogP contribution in [0.3, 0.4) is 0 Å². The first kappa shape index (κ1) is 20.6. The van der Waals surface area contributed by atoms with Crippen LogP contribution >= 0.6 is 27.3 Å². The van der Waals surface area contributed by atoms with Crippen molar-refractivity contribution in [1.29, 1.82) is 0 Å². The zero-order chi connectivity index (χ0) is 20.9. The fourth-order valence-corrected chi connectivity index (χ4v) is 4.25. The van der Waals surface area contributed by atoms with Gasteiger partial charge in [0, 0.05) is 33.5 Å². The Morgan fingerprint density at radius 2 is 2.23 bits per heavy atom. The van der Waals surface area contributed by atoms with Gasteiger partial charge < -0.3 is 14.8 Å². The van der Waals surface area contributed by atoms with Gasteiger partial charge in [-0.1, -0.05) is 34.1 Å². The number of nitrogens with one attached hydrogen (secondary N) is 1. The second-order valence-electron chi connectivity index (χ2n) is 6.90. The van der Waals surface area contributed by atoms with E-state index >= 15 is 0 Å². The minimum absolute atomic E-state index is 0.0807. The SMILES string of the molecule is Cc1nc(COc2ccccc2/C=C/C(=O)NC2CCOc3ccc(Br)cc32)cs1. The number of carbonyl (C=O) groups excluding carboxylic acids is 1. The van der Waals surface area contributed by atoms with Gasteiger partial charge in [0.15, 0.2) is 0 Å². The van der Waals surface area contributed by atoms with Gasteiger partial charge in [0.05, 0.1) is 23.4 Å². The lowest BCUT2D eigenvalue weighted by Gasteiger charge is -2.26. The first-order valence-corrected chi connectivity index (χ1v) is 11.3. The third kappa shape index (κ3) is 5.09. The van der Waals surface area contributed by atoms with Gasteiger partial charge in [-0.3, -0.25) is 4.79 Å². The van der Waals surface area contributed by atoms with Crippen LogP contribution in [0.15, 0.2) is 58.4 Å². The van der Waals surface area contributed by atoms with E-state index in [1.165, 1.54) is 0 Å². The van der Waals surface area contributed by atoms with Crippen LogP contribution in [0.2, 0.25) is 0 Å². The topological polar surface area (TPSA) is 60.5 Å². The summed E-state index contributed by atoms with van der Waals surface area (Å²) in [4.78, 5) is 17.0. The molecule has 0 radical (unpaired) electrons. The van der Waals surface area contributed by atoms with Crippen LogP contribution in [0.1, 0.15) is 34.3 Å². The van der Waals surface area contributed by atoms with Crippen molar-refractivity contribution in [3.05, 3.63) is 80.2 Å². The molecule has 0 aliphatic carbocycles. The number of hydrogen-bond acceptors (Lipinski definition) is 5. The van der Waals surface area contributed by atoms with E-state index < -0.39 is 0 Å². The smallest absolute Gasteiger partial charge is 0.244 e. The quantitative estimate of drug-likeness (QED) is 0.472. The molecule has 1 atom stereocenters. The summed E-state index contributed by atoms with van der Waals surface area (Å²) in [5.41, 5.74) is 2.73. The van der Waals surface area contributed by atoms with E-state index in [0.717, 1.165) is 38.5 Å². The van der Waals surface area contributed by atoms with Gasteiger partial charge in [0.2, 0.25) is 5.91 Å². The molecular weight excluding hydrogens is 464 g/mol. The van der Waals surface area contributed by atoms with Gasteiger partial charge in [-0.05, 0) is 37.3 Å². The molecule has 1 aliphatic rings. The average Bonchev–Trinajstić information content (AvgIpc) is 3.17. The summed E-state index contributed by atoms with van der Waals surface area (Å²) in [5, 5.41) is 6.08. The number of ether oxygens (including phenoxy) is 2. The lowest BCUT2D eigenvalue weighted by molar-refractivity contribution is -0.117. The predicted molar refractivity (Wildman–Crippen MR) is 122 cm³/mol. The molecule has 30 heavy (non-hydrogen) atoms. The number of benzene rings is 2. The fraction of sp³-hybridized carbons (Fsp3) is 0.217. The summed E-state index contributed by atoms with van der Waals surface area (Å²) in [6.45, 7) is 2.95. The number of aromatic nitrogens is 1. The molecule has 0 fully saturated rings. The van der Waals surface area contributed by atoms with Crippen LogP contribution in [0.25, 0.3) is 6.08 Å². The maximum atomic E-state index is 12.6. The van der Waals surface area contributed by atoms with Gasteiger partial charge in [-0.15, -0.1) is 11.3 Å². The molecule has 3 aromatic rings. The van der Waals surface area contributed by atoms with Gasteiger partial charge in [-0.2, -0.15) is 0 Å². The predicted octanol–water partition coefficient (Wildman–Crippen LogP) is 5.45. The molecule has 0 spiro atoms. The Labute approximate surface area is 187 Å². The summed E-state index contributed by atoms with van der Waals surface area (Å²) >= 11 is 5.09. The normalized spacial score (nSPS) is 15.5. The van der Waals surface area contributed by atoms with Crippen LogP contribution in [-0.2, 0) is 11.4 Å². The molecule has 7 heteroatoms. The van der Waals surface area contributed by atoms with E-state index in [9.17, 15) is 4.79 Å². The summed E-state index contributed by atoms with van der Waals surface area (Å²) in [5.74, 6) is 1.38. The van der Waals surface area contributed by atoms with Crippen LogP contribution in [0.5, 0.6) is 11.5 Å². The van der Waals surface area contributed by atoms with Crippen molar-refractivity contribution >= 4 is 39.2 Å². The van der Waals surface area contributed by atoms with Gasteiger partial charge in [0.1, 0.15) is 18.1 Å². The van der Waals surface area contributed by atoms with E-state index in [2.05, 4.69) is 26.2 Å². The fourth-order valence-electron chi connectivity index (χ4n) is 3.28. The van der Waals surface area contributed by atoms with E-state index in [1.807, 2.05) is 54.8 Å². The Bertz CT molecular complexity index is 1080. The molecule has 5 nitrogen and oxygen atoms in total. The highest BCUT2D eigenvalue weighted by atomic mass is 79.9. The highest BCUT2D eigenvalue weighted by molar-refractivity contribution is 9.10. The Kier molecular flexibility index (Phi) is 6.50. The Balaban J connectivity index is 1.42. The van der Waals surface area contributed by atoms with Gasteiger partial charge in [-0.25, -0.2) is 4.98 Å². The Hall–Kier alpha value is -2.64. The second-order valence-corrected chi connectivity index (χ2v) is 8.88.